The lowest BCUT2D eigenvalue weighted by Crippen LogP contribution is -2.30. The number of carbonyl (C=O) groups is 2. The van der Waals surface area contributed by atoms with Crippen molar-refractivity contribution >= 4 is 55.6 Å². The number of rotatable bonds is 10. The largest absolute Gasteiger partial charge is 0.494 e. The maximum atomic E-state index is 12.0. The molecule has 34 heavy (non-hydrogen) atoms. The summed E-state index contributed by atoms with van der Waals surface area (Å²) in [5, 5.41) is 12.4. The Hall–Kier alpha value is -3.53. The Kier molecular flexibility index (Phi) is 8.53. The molecule has 1 heterocycles. The lowest BCUT2D eigenvalue weighted by molar-refractivity contribution is -0.627. The molecule has 0 saturated carbocycles. The number of thiazole rings is 1. The number of anilines is 2. The third-order valence-corrected chi connectivity index (χ3v) is 6.08. The van der Waals surface area contributed by atoms with Crippen molar-refractivity contribution in [3.05, 3.63) is 36.4 Å². The minimum atomic E-state index is -0.307. The van der Waals surface area contributed by atoms with E-state index >= 15 is 0 Å². The van der Waals surface area contributed by atoms with Crippen LogP contribution in [0.2, 0.25) is 0 Å². The summed E-state index contributed by atoms with van der Waals surface area (Å²) < 4.78 is 13.7. The molecule has 1 N–H and O–H groups in total. The molecular weight excluding hydrogens is 454 g/mol. The summed E-state index contributed by atoms with van der Waals surface area (Å²) in [6.07, 6.45) is 0. The molecular formula is C24H30N5O4S+. The molecule has 0 aliphatic carbocycles. The van der Waals surface area contributed by atoms with Crippen LogP contribution < -0.4 is 19.5 Å². The number of aromatic nitrogens is 1. The van der Waals surface area contributed by atoms with Gasteiger partial charge in [-0.25, -0.2) is 4.57 Å². The number of esters is 1. The van der Waals surface area contributed by atoms with Crippen molar-refractivity contribution in [2.45, 2.75) is 27.7 Å². The zero-order valence-electron chi connectivity index (χ0n) is 20.1. The van der Waals surface area contributed by atoms with E-state index in [4.69, 9.17) is 9.47 Å². The van der Waals surface area contributed by atoms with Gasteiger partial charge in [-0.05, 0) is 67.6 Å². The maximum Gasteiger partial charge on any atom is 0.409 e. The van der Waals surface area contributed by atoms with Crippen molar-refractivity contribution in [2.75, 3.05) is 36.5 Å². The summed E-state index contributed by atoms with van der Waals surface area (Å²) in [6, 6.07) is 11.3. The Morgan fingerprint density at radius 3 is 2.56 bits per heavy atom. The first-order valence-electron chi connectivity index (χ1n) is 11.2. The first kappa shape index (κ1) is 25.1. The molecule has 0 unspecified atom stereocenters. The Balaban J connectivity index is 1.92. The van der Waals surface area contributed by atoms with Crippen LogP contribution in [0.5, 0.6) is 5.75 Å². The molecule has 0 spiro atoms. The smallest absolute Gasteiger partial charge is 0.409 e. The van der Waals surface area contributed by atoms with Crippen LogP contribution in [-0.2, 0) is 21.4 Å². The average molecular weight is 485 g/mol. The Morgan fingerprint density at radius 1 is 1.09 bits per heavy atom. The fourth-order valence-electron chi connectivity index (χ4n) is 3.41. The van der Waals surface area contributed by atoms with Gasteiger partial charge >= 0.3 is 11.1 Å². The summed E-state index contributed by atoms with van der Waals surface area (Å²) in [6.45, 7) is 8.76. The maximum absolute atomic E-state index is 12.0. The molecule has 0 atom stereocenters. The molecule has 3 aromatic rings. The lowest BCUT2D eigenvalue weighted by Gasteiger charge is -2.22. The van der Waals surface area contributed by atoms with Crippen molar-refractivity contribution in [2.24, 2.45) is 17.3 Å². The monoisotopic (exact) mass is 484 g/mol. The predicted molar refractivity (Wildman–Crippen MR) is 134 cm³/mol. The summed E-state index contributed by atoms with van der Waals surface area (Å²) >= 11 is 1.50. The van der Waals surface area contributed by atoms with E-state index in [0.29, 0.717) is 36.3 Å². The fourth-order valence-corrected chi connectivity index (χ4v) is 4.41. The van der Waals surface area contributed by atoms with E-state index in [9.17, 15) is 9.59 Å². The topological polar surface area (TPSA) is 96.5 Å². The number of hydrogen-bond acceptors (Lipinski definition) is 8. The highest BCUT2D eigenvalue weighted by Gasteiger charge is 2.18. The first-order chi connectivity index (χ1) is 16.4. The molecule has 0 radical (unpaired) electrons. The van der Waals surface area contributed by atoms with Gasteiger partial charge in [-0.2, -0.15) is 0 Å². The molecule has 2 aromatic carbocycles. The van der Waals surface area contributed by atoms with E-state index in [-0.39, 0.29) is 18.4 Å². The summed E-state index contributed by atoms with van der Waals surface area (Å²) in [4.78, 5) is 25.7. The quantitative estimate of drug-likeness (QED) is 0.251. The second-order valence-electron chi connectivity index (χ2n) is 7.41. The zero-order valence-corrected chi connectivity index (χ0v) is 20.9. The van der Waals surface area contributed by atoms with Crippen LogP contribution >= 0.6 is 11.3 Å². The number of likely N-dealkylation sites (N-methyl/N-ethyl adjacent to an activating group) is 1. The normalized spacial score (nSPS) is 11.1. The number of nitrogens with zero attached hydrogens (tertiary/aromatic N) is 4. The number of aryl methyl sites for hydroxylation is 1. The summed E-state index contributed by atoms with van der Waals surface area (Å²) in [7, 11) is 1.93. The van der Waals surface area contributed by atoms with Crippen molar-refractivity contribution in [1.82, 2.24) is 0 Å². The lowest BCUT2D eigenvalue weighted by atomic mass is 10.2. The van der Waals surface area contributed by atoms with Crippen molar-refractivity contribution in [3.63, 3.8) is 0 Å². The summed E-state index contributed by atoms with van der Waals surface area (Å²) in [5.74, 6) is 0.282. The molecule has 1 amide bonds. The number of hydrogen-bond donors (Lipinski definition) is 1. The second-order valence-corrected chi connectivity index (χ2v) is 8.42. The van der Waals surface area contributed by atoms with E-state index in [1.165, 1.54) is 18.3 Å². The minimum Gasteiger partial charge on any atom is -0.494 e. The van der Waals surface area contributed by atoms with E-state index < -0.39 is 0 Å². The van der Waals surface area contributed by atoms with Crippen LogP contribution in [0.15, 0.2) is 46.6 Å². The van der Waals surface area contributed by atoms with Crippen LogP contribution in [0.25, 0.3) is 10.2 Å². The third-order valence-electron chi connectivity index (χ3n) is 5.00. The molecule has 10 heteroatoms. The molecule has 0 aliphatic rings. The number of benzene rings is 2. The fraction of sp³-hybridized carbons (Fsp3) is 0.375. The van der Waals surface area contributed by atoms with Crippen LogP contribution in [-0.4, -0.2) is 38.2 Å². The molecule has 0 aliphatic heterocycles. The number of ether oxygens (including phenoxy) is 2. The van der Waals surface area contributed by atoms with Gasteiger partial charge in [-0.3, -0.25) is 9.59 Å². The van der Waals surface area contributed by atoms with Gasteiger partial charge in [-0.15, -0.1) is 0 Å². The second kappa shape index (κ2) is 11.6. The highest BCUT2D eigenvalue weighted by Crippen LogP contribution is 2.34. The highest BCUT2D eigenvalue weighted by molar-refractivity contribution is 7.21. The van der Waals surface area contributed by atoms with Gasteiger partial charge < -0.3 is 19.7 Å². The molecule has 1 aromatic heterocycles. The molecule has 0 bridgehead atoms. The van der Waals surface area contributed by atoms with Crippen LogP contribution in [0.1, 0.15) is 27.7 Å². The number of azo groups is 1. The molecule has 0 saturated heterocycles. The third kappa shape index (κ3) is 6.07. The Labute approximate surface area is 203 Å². The molecule has 3 rings (SSSR count). The van der Waals surface area contributed by atoms with Crippen LogP contribution in [0, 0.1) is 0 Å². The minimum absolute atomic E-state index is 0.117. The zero-order chi connectivity index (χ0) is 24.7. The van der Waals surface area contributed by atoms with Gasteiger partial charge in [0.2, 0.25) is 5.91 Å². The molecule has 180 valence electrons. The van der Waals surface area contributed by atoms with Gasteiger partial charge in [0.05, 0.1) is 35.8 Å². The Morgan fingerprint density at radius 2 is 1.88 bits per heavy atom. The number of amides is 1. The van der Waals surface area contributed by atoms with Gasteiger partial charge in [0.15, 0.2) is 0 Å². The van der Waals surface area contributed by atoms with E-state index in [0.717, 1.165) is 21.7 Å². The Bertz CT molecular complexity index is 1210. The van der Waals surface area contributed by atoms with Crippen LogP contribution in [0.4, 0.5) is 22.2 Å². The molecule has 0 fully saturated rings. The highest BCUT2D eigenvalue weighted by atomic mass is 32.1. The van der Waals surface area contributed by atoms with E-state index in [2.05, 4.69) is 15.5 Å². The average Bonchev–Trinajstić information content (AvgIpc) is 3.11. The standard InChI is InChI=1S/C24H29N5O4S/c1-6-29(15-23(31)33-8-3)17-9-11-19(20(13-17)25-16(4)30)26-27-24-28(5)21-12-10-18(32-7-2)14-22(21)34-24/h9-14H,6-8,15H2,1-5H3/p+1. The van der Waals surface area contributed by atoms with Crippen LogP contribution in [0.3, 0.4) is 0 Å². The SMILES string of the molecule is CCOC(=O)CN(CC)c1ccc(N=Nc2sc3cc(OCC)ccc3[n+]2C)c(NC(C)=O)c1. The van der Waals surface area contributed by atoms with Gasteiger partial charge in [0.25, 0.3) is 0 Å². The molecule has 9 nitrogen and oxygen atoms in total. The van der Waals surface area contributed by atoms with Crippen molar-refractivity contribution < 1.29 is 23.6 Å². The van der Waals surface area contributed by atoms with Gasteiger partial charge in [0.1, 0.15) is 23.5 Å². The van der Waals surface area contributed by atoms with E-state index in [1.54, 1.807) is 19.1 Å². The van der Waals surface area contributed by atoms with E-state index in [1.807, 2.05) is 54.6 Å². The van der Waals surface area contributed by atoms with Gasteiger partial charge in [-0.1, -0.05) is 0 Å². The predicted octanol–water partition coefficient (Wildman–Crippen LogP) is 4.89. The van der Waals surface area contributed by atoms with Crippen molar-refractivity contribution in [3.8, 4) is 5.75 Å². The van der Waals surface area contributed by atoms with Gasteiger partial charge in [0, 0.05) is 25.2 Å². The van der Waals surface area contributed by atoms with Crippen molar-refractivity contribution in [1.29, 1.82) is 0 Å². The summed E-state index contributed by atoms with van der Waals surface area (Å²) in [5.41, 5.74) is 2.82. The number of fused-ring (bicyclic) bond motifs is 1. The first-order valence-corrected chi connectivity index (χ1v) is 12.0. The number of nitrogens with one attached hydrogen (secondary N) is 1. The number of carbonyl (C=O) groups excluding carboxylic acids is 2.